The summed E-state index contributed by atoms with van der Waals surface area (Å²) in [5.41, 5.74) is 0.555. The molecule has 1 N–H and O–H groups in total. The zero-order valence-electron chi connectivity index (χ0n) is 13.6. The molecule has 24 heavy (non-hydrogen) atoms. The number of anilines is 1. The number of benzene rings is 2. The van der Waals surface area contributed by atoms with Crippen molar-refractivity contribution < 1.29 is 23.5 Å². The van der Waals surface area contributed by atoms with Gasteiger partial charge in [0.1, 0.15) is 5.82 Å². The van der Waals surface area contributed by atoms with Crippen LogP contribution in [-0.4, -0.2) is 24.9 Å². The zero-order valence-corrected chi connectivity index (χ0v) is 13.6. The molecule has 0 fully saturated rings. The van der Waals surface area contributed by atoms with Gasteiger partial charge in [-0.1, -0.05) is 12.1 Å². The molecule has 1 amide bonds. The minimum atomic E-state index is -0.887. The number of para-hydroxylation sites is 1. The third-order valence-electron chi connectivity index (χ3n) is 3.37. The summed E-state index contributed by atoms with van der Waals surface area (Å²) < 4.78 is 24.3. The monoisotopic (exact) mass is 331 g/mol. The topological polar surface area (TPSA) is 64.6 Å². The summed E-state index contributed by atoms with van der Waals surface area (Å²) in [4.78, 5) is 23.5. The van der Waals surface area contributed by atoms with Gasteiger partial charge in [-0.15, -0.1) is 0 Å². The first-order chi connectivity index (χ1) is 11.4. The first kappa shape index (κ1) is 17.5. The van der Waals surface area contributed by atoms with E-state index in [1.54, 1.807) is 24.3 Å². The smallest absolute Gasteiger partial charge is 0.265 e. The van der Waals surface area contributed by atoms with Crippen LogP contribution in [0.15, 0.2) is 42.5 Å². The standard InChI is InChI=1S/C18H18FNO4/c1-11(21)13-8-9-16(17(10-13)23-3)24-12(2)18(22)20-15-7-5-4-6-14(15)19/h4-10,12H,1-3H3,(H,20,22)/t12-/m0/s1. The molecule has 0 bridgehead atoms. The highest BCUT2D eigenvalue weighted by Crippen LogP contribution is 2.29. The molecule has 0 aliphatic heterocycles. The van der Waals surface area contributed by atoms with Crippen molar-refractivity contribution in [3.05, 3.63) is 53.8 Å². The maximum absolute atomic E-state index is 13.6. The number of carbonyl (C=O) groups is 2. The van der Waals surface area contributed by atoms with Gasteiger partial charge >= 0.3 is 0 Å². The van der Waals surface area contributed by atoms with Gasteiger partial charge in [-0.2, -0.15) is 0 Å². The lowest BCUT2D eigenvalue weighted by molar-refractivity contribution is -0.122. The number of amides is 1. The summed E-state index contributed by atoms with van der Waals surface area (Å²) in [6.07, 6.45) is -0.887. The Labute approximate surface area is 139 Å². The number of Topliss-reactive ketones (excluding diaryl/α,β-unsaturated/α-hetero) is 1. The molecule has 0 radical (unpaired) electrons. The molecular weight excluding hydrogens is 313 g/mol. The fourth-order valence-electron chi connectivity index (χ4n) is 2.02. The normalized spacial score (nSPS) is 11.5. The molecule has 1 atom stereocenters. The highest BCUT2D eigenvalue weighted by molar-refractivity contribution is 5.95. The average Bonchev–Trinajstić information content (AvgIpc) is 2.56. The van der Waals surface area contributed by atoms with Gasteiger partial charge < -0.3 is 14.8 Å². The molecule has 2 aromatic rings. The Morgan fingerprint density at radius 1 is 1.12 bits per heavy atom. The molecule has 2 rings (SSSR count). The van der Waals surface area contributed by atoms with Crippen LogP contribution < -0.4 is 14.8 Å². The van der Waals surface area contributed by atoms with Gasteiger partial charge in [0.25, 0.3) is 5.91 Å². The Kier molecular flexibility index (Phi) is 5.52. The number of ether oxygens (including phenoxy) is 2. The first-order valence-electron chi connectivity index (χ1n) is 7.33. The van der Waals surface area contributed by atoms with Crippen molar-refractivity contribution in [2.24, 2.45) is 0 Å². The largest absolute Gasteiger partial charge is 0.493 e. The summed E-state index contributed by atoms with van der Waals surface area (Å²) in [5.74, 6) is -0.476. The highest BCUT2D eigenvalue weighted by Gasteiger charge is 2.18. The SMILES string of the molecule is COc1cc(C(C)=O)ccc1O[C@@H](C)C(=O)Nc1ccccc1F. The van der Waals surface area contributed by atoms with E-state index in [2.05, 4.69) is 5.32 Å². The van der Waals surface area contributed by atoms with Gasteiger partial charge in [0, 0.05) is 5.56 Å². The number of ketones is 1. The van der Waals surface area contributed by atoms with Gasteiger partial charge in [0.15, 0.2) is 23.4 Å². The summed E-state index contributed by atoms with van der Waals surface area (Å²) >= 11 is 0. The van der Waals surface area contributed by atoms with Crippen LogP contribution in [-0.2, 0) is 4.79 Å². The number of methoxy groups -OCH3 is 1. The van der Waals surface area contributed by atoms with Gasteiger partial charge in [0.2, 0.25) is 0 Å². The van der Waals surface area contributed by atoms with Crippen molar-refractivity contribution in [2.75, 3.05) is 12.4 Å². The molecule has 0 unspecified atom stereocenters. The van der Waals surface area contributed by atoms with Crippen LogP contribution in [0, 0.1) is 5.82 Å². The van der Waals surface area contributed by atoms with Crippen molar-refractivity contribution in [1.82, 2.24) is 0 Å². The number of halogens is 1. The van der Waals surface area contributed by atoms with E-state index < -0.39 is 17.8 Å². The number of nitrogens with one attached hydrogen (secondary N) is 1. The second-order valence-electron chi connectivity index (χ2n) is 5.15. The number of rotatable bonds is 6. The van der Waals surface area contributed by atoms with Crippen molar-refractivity contribution in [3.63, 3.8) is 0 Å². The van der Waals surface area contributed by atoms with Crippen molar-refractivity contribution >= 4 is 17.4 Å². The lowest BCUT2D eigenvalue weighted by Gasteiger charge is -2.17. The Hall–Kier alpha value is -2.89. The van der Waals surface area contributed by atoms with Crippen LogP contribution in [0.3, 0.4) is 0 Å². The molecule has 2 aromatic carbocycles. The molecule has 0 spiro atoms. The van der Waals surface area contributed by atoms with E-state index >= 15 is 0 Å². The zero-order chi connectivity index (χ0) is 17.7. The second-order valence-corrected chi connectivity index (χ2v) is 5.15. The maximum Gasteiger partial charge on any atom is 0.265 e. The van der Waals surface area contributed by atoms with E-state index in [0.29, 0.717) is 17.1 Å². The minimum absolute atomic E-state index is 0.0804. The van der Waals surface area contributed by atoms with Crippen LogP contribution >= 0.6 is 0 Å². The Morgan fingerprint density at radius 3 is 2.46 bits per heavy atom. The van der Waals surface area contributed by atoms with Gasteiger partial charge in [-0.25, -0.2) is 4.39 Å². The highest BCUT2D eigenvalue weighted by atomic mass is 19.1. The maximum atomic E-state index is 13.6. The molecule has 5 nitrogen and oxygen atoms in total. The fraction of sp³-hybridized carbons (Fsp3) is 0.222. The quantitative estimate of drug-likeness (QED) is 0.824. The van der Waals surface area contributed by atoms with Gasteiger partial charge in [0.05, 0.1) is 12.8 Å². The summed E-state index contributed by atoms with van der Waals surface area (Å²) in [7, 11) is 1.44. The molecule has 0 aliphatic rings. The fourth-order valence-corrected chi connectivity index (χ4v) is 2.02. The van der Waals surface area contributed by atoms with E-state index in [0.717, 1.165) is 0 Å². The lowest BCUT2D eigenvalue weighted by atomic mass is 10.1. The minimum Gasteiger partial charge on any atom is -0.493 e. The molecule has 0 heterocycles. The Morgan fingerprint density at radius 2 is 1.83 bits per heavy atom. The number of hydrogen-bond donors (Lipinski definition) is 1. The molecule has 0 saturated heterocycles. The van der Waals surface area contributed by atoms with E-state index in [9.17, 15) is 14.0 Å². The van der Waals surface area contributed by atoms with Crippen LogP contribution in [0.2, 0.25) is 0 Å². The summed E-state index contributed by atoms with van der Waals surface area (Å²) in [6, 6.07) is 10.6. The van der Waals surface area contributed by atoms with Crippen molar-refractivity contribution in [3.8, 4) is 11.5 Å². The molecule has 0 saturated carbocycles. The number of hydrogen-bond acceptors (Lipinski definition) is 4. The van der Waals surface area contributed by atoms with E-state index in [-0.39, 0.29) is 11.5 Å². The van der Waals surface area contributed by atoms with Crippen LogP contribution in [0.5, 0.6) is 11.5 Å². The van der Waals surface area contributed by atoms with Gasteiger partial charge in [-0.3, -0.25) is 9.59 Å². The average molecular weight is 331 g/mol. The second kappa shape index (κ2) is 7.59. The number of carbonyl (C=O) groups excluding carboxylic acids is 2. The Balaban J connectivity index is 2.11. The van der Waals surface area contributed by atoms with E-state index in [1.807, 2.05) is 0 Å². The van der Waals surface area contributed by atoms with E-state index in [4.69, 9.17) is 9.47 Å². The van der Waals surface area contributed by atoms with Crippen molar-refractivity contribution in [1.29, 1.82) is 0 Å². The summed E-state index contributed by atoms with van der Waals surface area (Å²) in [5, 5.41) is 2.46. The molecule has 6 heteroatoms. The molecular formula is C18H18FNO4. The predicted octanol–water partition coefficient (Wildman–Crippen LogP) is 3.44. The molecule has 0 aliphatic carbocycles. The van der Waals surface area contributed by atoms with Crippen LogP contribution in [0.1, 0.15) is 24.2 Å². The van der Waals surface area contributed by atoms with Crippen LogP contribution in [0.25, 0.3) is 0 Å². The molecule has 0 aromatic heterocycles. The predicted molar refractivity (Wildman–Crippen MR) is 88.1 cm³/mol. The third-order valence-corrected chi connectivity index (χ3v) is 3.37. The Bertz CT molecular complexity index is 760. The van der Waals surface area contributed by atoms with Gasteiger partial charge in [-0.05, 0) is 44.2 Å². The first-order valence-corrected chi connectivity index (χ1v) is 7.33. The third kappa shape index (κ3) is 4.10. The lowest BCUT2D eigenvalue weighted by Crippen LogP contribution is -2.30. The van der Waals surface area contributed by atoms with Crippen molar-refractivity contribution in [2.45, 2.75) is 20.0 Å². The molecule has 126 valence electrons. The summed E-state index contributed by atoms with van der Waals surface area (Å²) in [6.45, 7) is 2.98. The van der Waals surface area contributed by atoms with Crippen LogP contribution in [0.4, 0.5) is 10.1 Å². The van der Waals surface area contributed by atoms with E-state index in [1.165, 1.54) is 39.2 Å².